The number of aryl methyl sites for hydroxylation is 1. The first kappa shape index (κ1) is 12.5. The van der Waals surface area contributed by atoms with Crippen LogP contribution in [0.5, 0.6) is 0 Å². The fourth-order valence-corrected chi connectivity index (χ4v) is 2.79. The van der Waals surface area contributed by atoms with E-state index >= 15 is 0 Å². The molecule has 1 aliphatic heterocycles. The van der Waals surface area contributed by atoms with Gasteiger partial charge in [0.25, 0.3) is 0 Å². The van der Waals surface area contributed by atoms with E-state index in [1.54, 1.807) is 0 Å². The maximum Gasteiger partial charge on any atom is 0.107 e. The molecule has 1 aromatic heterocycles. The van der Waals surface area contributed by atoms with Crippen LogP contribution in [0.1, 0.15) is 31.5 Å². The van der Waals surface area contributed by atoms with Crippen LogP contribution in [0.25, 0.3) is 11.0 Å². The molecule has 0 spiro atoms. The SMILES string of the molecule is NCCCc1nc2ccc(N3CCCCC3)cc2[nH]1. The fraction of sp³-hybridized carbons (Fsp3) is 0.533. The van der Waals surface area contributed by atoms with Crippen molar-refractivity contribution in [1.29, 1.82) is 0 Å². The molecule has 3 N–H and O–H groups in total. The molecular weight excluding hydrogens is 236 g/mol. The maximum atomic E-state index is 5.54. The Bertz CT molecular complexity index is 540. The molecule has 4 nitrogen and oxygen atoms in total. The Morgan fingerprint density at radius 2 is 2.05 bits per heavy atom. The van der Waals surface area contributed by atoms with Gasteiger partial charge in [-0.15, -0.1) is 0 Å². The highest BCUT2D eigenvalue weighted by Crippen LogP contribution is 2.23. The van der Waals surface area contributed by atoms with Crippen LogP contribution in [0.3, 0.4) is 0 Å². The predicted octanol–water partition coefficient (Wildman–Crippen LogP) is 2.44. The van der Waals surface area contributed by atoms with Crippen molar-refractivity contribution in [2.45, 2.75) is 32.1 Å². The van der Waals surface area contributed by atoms with Gasteiger partial charge >= 0.3 is 0 Å². The standard InChI is InChI=1S/C15H22N4/c16-8-4-5-15-17-13-7-6-12(11-14(13)18-15)19-9-2-1-3-10-19/h6-7,11H,1-5,8-10,16H2,(H,17,18). The smallest absolute Gasteiger partial charge is 0.107 e. The van der Waals surface area contributed by atoms with Crippen LogP contribution < -0.4 is 10.6 Å². The number of H-pyrrole nitrogens is 1. The molecule has 0 aliphatic carbocycles. The molecule has 0 bridgehead atoms. The second kappa shape index (κ2) is 5.61. The van der Waals surface area contributed by atoms with Crippen LogP contribution in [0.4, 0.5) is 5.69 Å². The van der Waals surface area contributed by atoms with E-state index < -0.39 is 0 Å². The zero-order valence-electron chi connectivity index (χ0n) is 11.4. The summed E-state index contributed by atoms with van der Waals surface area (Å²) in [5, 5.41) is 0. The van der Waals surface area contributed by atoms with Crippen molar-refractivity contribution in [1.82, 2.24) is 9.97 Å². The summed E-state index contributed by atoms with van der Waals surface area (Å²) in [5.74, 6) is 1.05. The number of benzene rings is 1. The molecule has 0 atom stereocenters. The summed E-state index contributed by atoms with van der Waals surface area (Å²) in [6.45, 7) is 3.08. The predicted molar refractivity (Wildman–Crippen MR) is 79.5 cm³/mol. The monoisotopic (exact) mass is 258 g/mol. The third-order valence-corrected chi connectivity index (χ3v) is 3.85. The van der Waals surface area contributed by atoms with Crippen LogP contribution in [0, 0.1) is 0 Å². The number of hydrogen-bond acceptors (Lipinski definition) is 3. The summed E-state index contributed by atoms with van der Waals surface area (Å²) in [5.41, 5.74) is 9.08. The lowest BCUT2D eigenvalue weighted by atomic mass is 10.1. The molecule has 0 amide bonds. The molecule has 1 aromatic carbocycles. The number of aromatic amines is 1. The Hall–Kier alpha value is -1.55. The van der Waals surface area contributed by atoms with Gasteiger partial charge in [-0.2, -0.15) is 0 Å². The second-order valence-electron chi connectivity index (χ2n) is 5.32. The highest BCUT2D eigenvalue weighted by atomic mass is 15.1. The number of nitrogens with one attached hydrogen (secondary N) is 1. The topological polar surface area (TPSA) is 57.9 Å². The Balaban J connectivity index is 1.83. The Labute approximate surface area is 114 Å². The van der Waals surface area contributed by atoms with Gasteiger partial charge < -0.3 is 15.6 Å². The van der Waals surface area contributed by atoms with E-state index in [4.69, 9.17) is 5.73 Å². The first-order valence-corrected chi connectivity index (χ1v) is 7.30. The van der Waals surface area contributed by atoms with Gasteiger partial charge in [0.05, 0.1) is 11.0 Å². The van der Waals surface area contributed by atoms with E-state index in [2.05, 4.69) is 33.1 Å². The number of fused-ring (bicyclic) bond motifs is 1. The minimum absolute atomic E-state index is 0.718. The summed E-state index contributed by atoms with van der Waals surface area (Å²) >= 11 is 0. The molecule has 0 unspecified atom stereocenters. The minimum Gasteiger partial charge on any atom is -0.371 e. The van der Waals surface area contributed by atoms with Crippen molar-refractivity contribution in [3.63, 3.8) is 0 Å². The van der Waals surface area contributed by atoms with Crippen molar-refractivity contribution >= 4 is 16.7 Å². The average molecular weight is 258 g/mol. The fourth-order valence-electron chi connectivity index (χ4n) is 2.79. The highest BCUT2D eigenvalue weighted by Gasteiger charge is 2.12. The number of rotatable bonds is 4. The Morgan fingerprint density at radius 3 is 2.84 bits per heavy atom. The largest absolute Gasteiger partial charge is 0.371 e. The van der Waals surface area contributed by atoms with Crippen molar-refractivity contribution in [3.8, 4) is 0 Å². The quantitative estimate of drug-likeness (QED) is 0.885. The van der Waals surface area contributed by atoms with Crippen molar-refractivity contribution in [2.75, 3.05) is 24.5 Å². The molecule has 1 aliphatic rings. The average Bonchev–Trinajstić information content (AvgIpc) is 2.87. The second-order valence-corrected chi connectivity index (χ2v) is 5.32. The molecule has 1 fully saturated rings. The molecule has 4 heteroatoms. The van der Waals surface area contributed by atoms with Crippen LogP contribution in [0.15, 0.2) is 18.2 Å². The van der Waals surface area contributed by atoms with Gasteiger partial charge in [0.1, 0.15) is 5.82 Å². The first-order valence-electron chi connectivity index (χ1n) is 7.30. The zero-order chi connectivity index (χ0) is 13.1. The maximum absolute atomic E-state index is 5.54. The lowest BCUT2D eigenvalue weighted by molar-refractivity contribution is 0.578. The highest BCUT2D eigenvalue weighted by molar-refractivity contribution is 5.79. The van der Waals surface area contributed by atoms with Crippen molar-refractivity contribution < 1.29 is 0 Å². The molecule has 19 heavy (non-hydrogen) atoms. The lowest BCUT2D eigenvalue weighted by Gasteiger charge is -2.28. The molecular formula is C15H22N4. The van der Waals surface area contributed by atoms with E-state index in [0.717, 1.165) is 36.2 Å². The number of anilines is 1. The van der Waals surface area contributed by atoms with E-state index in [1.807, 2.05) is 0 Å². The summed E-state index contributed by atoms with van der Waals surface area (Å²) in [6, 6.07) is 6.56. The zero-order valence-corrected chi connectivity index (χ0v) is 11.4. The van der Waals surface area contributed by atoms with E-state index in [9.17, 15) is 0 Å². The molecule has 2 aromatic rings. The van der Waals surface area contributed by atoms with Gasteiger partial charge in [-0.3, -0.25) is 0 Å². The number of nitrogens with zero attached hydrogens (tertiary/aromatic N) is 2. The number of hydrogen-bond donors (Lipinski definition) is 2. The first-order chi connectivity index (χ1) is 9.36. The lowest BCUT2D eigenvalue weighted by Crippen LogP contribution is -2.29. The van der Waals surface area contributed by atoms with Crippen LogP contribution >= 0.6 is 0 Å². The van der Waals surface area contributed by atoms with Crippen molar-refractivity contribution in [2.24, 2.45) is 5.73 Å². The number of imidazole rings is 1. The minimum atomic E-state index is 0.718. The number of nitrogens with two attached hydrogens (primary N) is 1. The molecule has 0 radical (unpaired) electrons. The van der Waals surface area contributed by atoms with Crippen LogP contribution in [-0.4, -0.2) is 29.6 Å². The van der Waals surface area contributed by atoms with Crippen LogP contribution in [0.2, 0.25) is 0 Å². The molecule has 0 saturated carbocycles. The van der Waals surface area contributed by atoms with Gasteiger partial charge in [0.2, 0.25) is 0 Å². The van der Waals surface area contributed by atoms with Gasteiger partial charge in [0, 0.05) is 25.2 Å². The van der Waals surface area contributed by atoms with Crippen molar-refractivity contribution in [3.05, 3.63) is 24.0 Å². The third kappa shape index (κ3) is 2.73. The molecule has 3 rings (SSSR count). The Kier molecular flexibility index (Phi) is 3.69. The number of aromatic nitrogens is 2. The van der Waals surface area contributed by atoms with Crippen LogP contribution in [-0.2, 0) is 6.42 Å². The van der Waals surface area contributed by atoms with Gasteiger partial charge in [-0.25, -0.2) is 4.98 Å². The summed E-state index contributed by atoms with van der Waals surface area (Å²) in [7, 11) is 0. The summed E-state index contributed by atoms with van der Waals surface area (Å²) in [4.78, 5) is 10.5. The van der Waals surface area contributed by atoms with E-state index in [1.165, 1.54) is 38.0 Å². The van der Waals surface area contributed by atoms with E-state index in [0.29, 0.717) is 0 Å². The van der Waals surface area contributed by atoms with Gasteiger partial charge in [-0.05, 0) is 50.4 Å². The third-order valence-electron chi connectivity index (χ3n) is 3.85. The van der Waals surface area contributed by atoms with E-state index in [-0.39, 0.29) is 0 Å². The number of piperidine rings is 1. The molecule has 2 heterocycles. The van der Waals surface area contributed by atoms with Gasteiger partial charge in [-0.1, -0.05) is 0 Å². The Morgan fingerprint density at radius 1 is 1.21 bits per heavy atom. The normalized spacial score (nSPS) is 16.2. The van der Waals surface area contributed by atoms with Gasteiger partial charge in [0.15, 0.2) is 0 Å². The summed E-state index contributed by atoms with van der Waals surface area (Å²) in [6.07, 6.45) is 5.90. The summed E-state index contributed by atoms with van der Waals surface area (Å²) < 4.78 is 0. The molecule has 1 saturated heterocycles. The molecule has 102 valence electrons.